The molecule has 0 unspecified atom stereocenters. The smallest absolute Gasteiger partial charge is 0.372 e. The summed E-state index contributed by atoms with van der Waals surface area (Å²) in [6.07, 6.45) is -1.99. The summed E-state index contributed by atoms with van der Waals surface area (Å²) in [5.41, 5.74) is 1.73. The molecule has 1 fully saturated rings. The summed E-state index contributed by atoms with van der Waals surface area (Å²) in [6.45, 7) is 2.07. The second kappa shape index (κ2) is 10.0. The third-order valence-electron chi connectivity index (χ3n) is 4.50. The fraction of sp³-hybridized carbons (Fsp3) is 0.474. The third-order valence-corrected chi connectivity index (χ3v) is 5.33. The largest absolute Gasteiger partial charge is 0.411 e. The summed E-state index contributed by atoms with van der Waals surface area (Å²) < 4.78 is 40.7. The van der Waals surface area contributed by atoms with E-state index in [2.05, 4.69) is 19.9 Å². The minimum atomic E-state index is -4.28. The zero-order valence-electron chi connectivity index (χ0n) is 15.8. The van der Waals surface area contributed by atoms with Crippen LogP contribution in [-0.4, -0.2) is 72.9 Å². The van der Waals surface area contributed by atoms with Gasteiger partial charge in [0.2, 0.25) is 0 Å². The van der Waals surface area contributed by atoms with Crippen molar-refractivity contribution in [3.8, 4) is 10.6 Å². The number of amides is 2. The number of alkyl halides is 3. The lowest BCUT2D eigenvalue weighted by Gasteiger charge is -2.34. The Morgan fingerprint density at radius 3 is 2.52 bits per heavy atom. The van der Waals surface area contributed by atoms with Gasteiger partial charge in [0.15, 0.2) is 0 Å². The Labute approximate surface area is 171 Å². The molecule has 0 spiro atoms. The zero-order chi connectivity index (χ0) is 20.7. The van der Waals surface area contributed by atoms with Gasteiger partial charge in [0.25, 0.3) is 0 Å². The van der Waals surface area contributed by atoms with E-state index in [4.69, 9.17) is 0 Å². The Morgan fingerprint density at radius 1 is 1.17 bits per heavy atom. The molecule has 6 nitrogen and oxygen atoms in total. The minimum absolute atomic E-state index is 0.0806. The van der Waals surface area contributed by atoms with Gasteiger partial charge < -0.3 is 15.0 Å². The van der Waals surface area contributed by atoms with Gasteiger partial charge in [-0.3, -0.25) is 4.90 Å². The van der Waals surface area contributed by atoms with Crippen molar-refractivity contribution >= 4 is 23.1 Å². The van der Waals surface area contributed by atoms with Gasteiger partial charge >= 0.3 is 12.2 Å². The first-order chi connectivity index (χ1) is 13.9. The molecule has 1 aliphatic heterocycles. The number of benzene rings is 1. The summed E-state index contributed by atoms with van der Waals surface area (Å²) >= 11 is 1.56. The van der Waals surface area contributed by atoms with Gasteiger partial charge in [-0.2, -0.15) is 13.2 Å². The van der Waals surface area contributed by atoms with Crippen molar-refractivity contribution in [1.82, 2.24) is 14.8 Å². The van der Waals surface area contributed by atoms with E-state index in [-0.39, 0.29) is 12.6 Å². The molecule has 29 heavy (non-hydrogen) atoms. The molecule has 1 aliphatic rings. The standard InChI is InChI=1S/C19H23F3N4O2S/c20-19(21,22)14-28-12-1-7-25-8-10-26(11-9-25)18(27)24-16-4-2-15(3-5-16)17-23-6-13-29-17/h2-6,13H,1,7-12,14H2,(H,24,27). The summed E-state index contributed by atoms with van der Waals surface area (Å²) in [5.74, 6) is 0. The van der Waals surface area contributed by atoms with Crippen molar-refractivity contribution in [1.29, 1.82) is 0 Å². The first kappa shape index (κ1) is 21.5. The highest BCUT2D eigenvalue weighted by Crippen LogP contribution is 2.23. The first-order valence-corrected chi connectivity index (χ1v) is 10.2. The molecule has 2 amide bonds. The zero-order valence-corrected chi connectivity index (χ0v) is 16.6. The molecule has 1 N–H and O–H groups in total. The molecular weight excluding hydrogens is 405 g/mol. The van der Waals surface area contributed by atoms with Crippen LogP contribution in [0.5, 0.6) is 0 Å². The predicted octanol–water partition coefficient (Wildman–Crippen LogP) is 3.93. The van der Waals surface area contributed by atoms with Crippen LogP contribution in [0.3, 0.4) is 0 Å². The van der Waals surface area contributed by atoms with Crippen LogP contribution in [-0.2, 0) is 4.74 Å². The van der Waals surface area contributed by atoms with Gasteiger partial charge in [0, 0.05) is 62.2 Å². The van der Waals surface area contributed by atoms with E-state index >= 15 is 0 Å². The molecule has 1 aromatic carbocycles. The quantitative estimate of drug-likeness (QED) is 0.679. The number of hydrogen-bond acceptors (Lipinski definition) is 5. The van der Waals surface area contributed by atoms with E-state index < -0.39 is 12.8 Å². The Hall–Kier alpha value is -2.17. The van der Waals surface area contributed by atoms with Crippen LogP contribution in [0, 0.1) is 0 Å². The van der Waals surface area contributed by atoms with Crippen LogP contribution in [0.1, 0.15) is 6.42 Å². The van der Waals surface area contributed by atoms with Gasteiger partial charge in [-0.05, 0) is 30.7 Å². The van der Waals surface area contributed by atoms with Crippen molar-refractivity contribution in [3.05, 3.63) is 35.8 Å². The highest BCUT2D eigenvalue weighted by Gasteiger charge is 2.27. The van der Waals surface area contributed by atoms with Gasteiger partial charge in [-0.1, -0.05) is 0 Å². The molecule has 0 radical (unpaired) electrons. The Balaban J connectivity index is 1.35. The fourth-order valence-electron chi connectivity index (χ4n) is 3.02. The number of thiazole rings is 1. The number of hydrogen-bond donors (Lipinski definition) is 1. The topological polar surface area (TPSA) is 57.7 Å². The lowest BCUT2D eigenvalue weighted by molar-refractivity contribution is -0.174. The molecular formula is C19H23F3N4O2S. The van der Waals surface area contributed by atoms with Crippen molar-refractivity contribution in [2.24, 2.45) is 0 Å². The van der Waals surface area contributed by atoms with E-state index in [1.165, 1.54) is 0 Å². The molecule has 158 valence electrons. The Morgan fingerprint density at radius 2 is 1.90 bits per heavy atom. The number of ether oxygens (including phenoxy) is 1. The lowest BCUT2D eigenvalue weighted by Crippen LogP contribution is -2.50. The minimum Gasteiger partial charge on any atom is -0.372 e. The number of aromatic nitrogens is 1. The average molecular weight is 428 g/mol. The number of anilines is 1. The van der Waals surface area contributed by atoms with Crippen molar-refractivity contribution in [3.63, 3.8) is 0 Å². The maximum absolute atomic E-state index is 12.4. The number of carbonyl (C=O) groups excluding carboxylic acids is 1. The molecule has 1 saturated heterocycles. The van der Waals surface area contributed by atoms with E-state index in [0.717, 1.165) is 16.3 Å². The summed E-state index contributed by atoms with van der Waals surface area (Å²) in [4.78, 5) is 20.6. The van der Waals surface area contributed by atoms with Gasteiger partial charge in [0.05, 0.1) is 0 Å². The lowest BCUT2D eigenvalue weighted by atomic mass is 10.2. The van der Waals surface area contributed by atoms with E-state index in [1.807, 2.05) is 29.6 Å². The van der Waals surface area contributed by atoms with Crippen LogP contribution in [0.2, 0.25) is 0 Å². The van der Waals surface area contributed by atoms with Crippen LogP contribution >= 0.6 is 11.3 Å². The highest BCUT2D eigenvalue weighted by atomic mass is 32.1. The van der Waals surface area contributed by atoms with Gasteiger partial charge in [0.1, 0.15) is 11.6 Å². The SMILES string of the molecule is O=C(Nc1ccc(-c2nccs2)cc1)N1CCN(CCCOCC(F)(F)F)CC1. The number of urea groups is 1. The van der Waals surface area contributed by atoms with Gasteiger partial charge in [-0.25, -0.2) is 9.78 Å². The van der Waals surface area contributed by atoms with Crippen LogP contribution in [0.15, 0.2) is 35.8 Å². The molecule has 0 saturated carbocycles. The van der Waals surface area contributed by atoms with Crippen molar-refractivity contribution < 1.29 is 22.7 Å². The van der Waals surface area contributed by atoms with E-state index in [0.29, 0.717) is 39.1 Å². The predicted molar refractivity (Wildman–Crippen MR) is 106 cm³/mol. The average Bonchev–Trinajstić information content (AvgIpc) is 3.23. The molecule has 10 heteroatoms. The van der Waals surface area contributed by atoms with Crippen LogP contribution in [0.25, 0.3) is 10.6 Å². The number of piperazine rings is 1. The van der Waals surface area contributed by atoms with E-state index in [9.17, 15) is 18.0 Å². The first-order valence-electron chi connectivity index (χ1n) is 9.33. The Bertz CT molecular complexity index is 761. The third kappa shape index (κ3) is 6.98. The Kier molecular flexibility index (Phi) is 7.45. The molecule has 1 aromatic heterocycles. The van der Waals surface area contributed by atoms with Crippen LogP contribution < -0.4 is 5.32 Å². The maximum atomic E-state index is 12.4. The summed E-state index contributed by atoms with van der Waals surface area (Å²) in [7, 11) is 0. The highest BCUT2D eigenvalue weighted by molar-refractivity contribution is 7.13. The van der Waals surface area contributed by atoms with Crippen molar-refractivity contribution in [2.45, 2.75) is 12.6 Å². The number of nitrogens with zero attached hydrogens (tertiary/aromatic N) is 3. The van der Waals surface area contributed by atoms with Gasteiger partial charge in [-0.15, -0.1) is 11.3 Å². The maximum Gasteiger partial charge on any atom is 0.411 e. The second-order valence-corrected chi connectivity index (χ2v) is 7.59. The monoisotopic (exact) mass is 428 g/mol. The summed E-state index contributed by atoms with van der Waals surface area (Å²) in [6, 6.07) is 7.40. The molecule has 2 heterocycles. The fourth-order valence-corrected chi connectivity index (χ4v) is 3.66. The molecule has 0 atom stereocenters. The van der Waals surface area contributed by atoms with Crippen molar-refractivity contribution in [2.75, 3.05) is 51.3 Å². The summed E-state index contributed by atoms with van der Waals surface area (Å²) in [5, 5.41) is 5.75. The normalized spacial score (nSPS) is 15.5. The number of nitrogens with one attached hydrogen (secondary N) is 1. The van der Waals surface area contributed by atoms with Crippen LogP contribution in [0.4, 0.5) is 23.7 Å². The van der Waals surface area contributed by atoms with E-state index in [1.54, 1.807) is 22.4 Å². The molecule has 0 bridgehead atoms. The molecule has 3 rings (SSSR count). The number of rotatable bonds is 7. The number of halogens is 3. The number of carbonyl (C=O) groups is 1. The molecule has 0 aliphatic carbocycles. The second-order valence-electron chi connectivity index (χ2n) is 6.69. The molecule has 2 aromatic rings.